The van der Waals surface area contributed by atoms with Crippen LogP contribution in [-0.2, 0) is 6.42 Å². The van der Waals surface area contributed by atoms with Gasteiger partial charge in [-0.2, -0.15) is 0 Å². The molecule has 1 rings (SSSR count). The van der Waals surface area contributed by atoms with E-state index in [4.69, 9.17) is 10.3 Å². The van der Waals surface area contributed by atoms with Crippen molar-refractivity contribution in [2.24, 2.45) is 0 Å². The molecule has 1 aromatic rings. The van der Waals surface area contributed by atoms with Crippen LogP contribution >= 0.6 is 0 Å². The van der Waals surface area contributed by atoms with Gasteiger partial charge in [-0.3, -0.25) is 0 Å². The van der Waals surface area contributed by atoms with Crippen LogP contribution in [0, 0.1) is 0 Å². The fourth-order valence-corrected chi connectivity index (χ4v) is 1.17. The molecule has 0 saturated carbocycles. The van der Waals surface area contributed by atoms with Crippen molar-refractivity contribution in [1.29, 1.82) is 0 Å². The average molecular weight is 168 g/mol. The van der Waals surface area contributed by atoms with Crippen LogP contribution in [0.1, 0.15) is 38.4 Å². The molecule has 0 amide bonds. The van der Waals surface area contributed by atoms with E-state index in [0.29, 0.717) is 5.82 Å². The molecule has 1 aromatic heterocycles. The van der Waals surface area contributed by atoms with Crippen LogP contribution in [0.25, 0.3) is 0 Å². The molecule has 0 aliphatic heterocycles. The number of nitrogen functional groups attached to an aromatic ring is 1. The van der Waals surface area contributed by atoms with Crippen molar-refractivity contribution in [2.45, 2.75) is 39.0 Å². The molecule has 0 fully saturated rings. The van der Waals surface area contributed by atoms with E-state index in [1.807, 2.05) is 0 Å². The van der Waals surface area contributed by atoms with E-state index in [-0.39, 0.29) is 0 Å². The maximum atomic E-state index is 5.40. The lowest BCUT2D eigenvalue weighted by Gasteiger charge is -1.94. The van der Waals surface area contributed by atoms with Crippen molar-refractivity contribution < 1.29 is 4.52 Å². The molecule has 12 heavy (non-hydrogen) atoms. The third-order valence-electron chi connectivity index (χ3n) is 1.85. The molecule has 0 bridgehead atoms. The van der Waals surface area contributed by atoms with Crippen LogP contribution in [0.3, 0.4) is 0 Å². The van der Waals surface area contributed by atoms with E-state index in [2.05, 4.69) is 12.1 Å². The maximum absolute atomic E-state index is 5.40. The predicted octanol–water partition coefficient (Wildman–Crippen LogP) is 2.38. The summed E-state index contributed by atoms with van der Waals surface area (Å²) in [6.07, 6.45) is 5.95. The molecule has 0 spiro atoms. The molecule has 0 radical (unpaired) electrons. The molecule has 0 unspecified atom stereocenters. The third kappa shape index (κ3) is 2.95. The summed E-state index contributed by atoms with van der Waals surface area (Å²) in [6, 6.07) is 1.80. The van der Waals surface area contributed by atoms with Crippen LogP contribution < -0.4 is 5.73 Å². The zero-order chi connectivity index (χ0) is 8.81. The summed E-state index contributed by atoms with van der Waals surface area (Å²) >= 11 is 0. The van der Waals surface area contributed by atoms with Gasteiger partial charge in [0.15, 0.2) is 5.82 Å². The molecule has 3 heteroatoms. The highest BCUT2D eigenvalue weighted by atomic mass is 16.5. The Morgan fingerprint density at radius 3 is 2.83 bits per heavy atom. The minimum Gasteiger partial charge on any atom is -0.381 e. The Bertz CT molecular complexity index is 220. The van der Waals surface area contributed by atoms with Gasteiger partial charge >= 0.3 is 0 Å². The normalized spacial score (nSPS) is 10.4. The second-order valence-corrected chi connectivity index (χ2v) is 3.03. The van der Waals surface area contributed by atoms with E-state index in [1.54, 1.807) is 6.07 Å². The monoisotopic (exact) mass is 168 g/mol. The van der Waals surface area contributed by atoms with Crippen molar-refractivity contribution in [3.8, 4) is 0 Å². The van der Waals surface area contributed by atoms with E-state index in [9.17, 15) is 0 Å². The van der Waals surface area contributed by atoms with Gasteiger partial charge in [0.05, 0.1) is 0 Å². The van der Waals surface area contributed by atoms with Gasteiger partial charge in [-0.15, -0.1) is 0 Å². The molecular weight excluding hydrogens is 152 g/mol. The molecule has 0 saturated heterocycles. The van der Waals surface area contributed by atoms with E-state index in [1.165, 1.54) is 25.7 Å². The second kappa shape index (κ2) is 4.80. The van der Waals surface area contributed by atoms with Gasteiger partial charge in [-0.1, -0.05) is 31.3 Å². The van der Waals surface area contributed by atoms with Gasteiger partial charge in [-0.05, 0) is 6.42 Å². The lowest BCUT2D eigenvalue weighted by molar-refractivity contribution is 0.381. The van der Waals surface area contributed by atoms with Gasteiger partial charge in [-0.25, -0.2) is 0 Å². The molecule has 68 valence electrons. The van der Waals surface area contributed by atoms with Crippen LogP contribution in [0.4, 0.5) is 5.82 Å². The molecule has 3 nitrogen and oxygen atoms in total. The number of nitrogens with zero attached hydrogens (tertiary/aromatic N) is 1. The average Bonchev–Trinajstić information content (AvgIpc) is 2.45. The molecule has 1 heterocycles. The second-order valence-electron chi connectivity index (χ2n) is 3.03. The molecule has 2 N–H and O–H groups in total. The lowest BCUT2D eigenvalue weighted by Crippen LogP contribution is -1.83. The lowest BCUT2D eigenvalue weighted by atomic mass is 10.1. The highest BCUT2D eigenvalue weighted by Gasteiger charge is 1.99. The number of hydrogen-bond acceptors (Lipinski definition) is 3. The Balaban J connectivity index is 2.15. The van der Waals surface area contributed by atoms with Crippen LogP contribution in [0.15, 0.2) is 10.6 Å². The molecule has 0 aliphatic carbocycles. The minimum absolute atomic E-state index is 0.487. The summed E-state index contributed by atoms with van der Waals surface area (Å²) in [5, 5.41) is 3.62. The van der Waals surface area contributed by atoms with Gasteiger partial charge in [0.1, 0.15) is 5.76 Å². The molecule has 0 aliphatic rings. The summed E-state index contributed by atoms with van der Waals surface area (Å²) < 4.78 is 4.97. The van der Waals surface area contributed by atoms with Gasteiger partial charge < -0.3 is 10.3 Å². The Hall–Kier alpha value is -0.990. The number of hydrogen-bond donors (Lipinski definition) is 1. The Morgan fingerprint density at radius 1 is 1.42 bits per heavy atom. The van der Waals surface area contributed by atoms with Crippen molar-refractivity contribution >= 4 is 5.82 Å². The highest BCUT2D eigenvalue weighted by molar-refractivity contribution is 5.26. The first-order valence-electron chi connectivity index (χ1n) is 4.54. The van der Waals surface area contributed by atoms with Crippen molar-refractivity contribution in [3.05, 3.63) is 11.8 Å². The number of aryl methyl sites for hydroxylation is 1. The fourth-order valence-electron chi connectivity index (χ4n) is 1.17. The summed E-state index contributed by atoms with van der Waals surface area (Å²) in [7, 11) is 0. The summed E-state index contributed by atoms with van der Waals surface area (Å²) in [5.41, 5.74) is 5.40. The number of unbranched alkanes of at least 4 members (excludes halogenated alkanes) is 3. The van der Waals surface area contributed by atoms with E-state index < -0.39 is 0 Å². The van der Waals surface area contributed by atoms with E-state index in [0.717, 1.165) is 12.2 Å². The Morgan fingerprint density at radius 2 is 2.25 bits per heavy atom. The minimum atomic E-state index is 0.487. The van der Waals surface area contributed by atoms with Crippen LogP contribution in [0.5, 0.6) is 0 Å². The summed E-state index contributed by atoms with van der Waals surface area (Å²) in [6.45, 7) is 2.20. The number of anilines is 1. The van der Waals surface area contributed by atoms with Gasteiger partial charge in [0.2, 0.25) is 0 Å². The first-order valence-corrected chi connectivity index (χ1v) is 4.54. The first kappa shape index (κ1) is 9.10. The smallest absolute Gasteiger partial charge is 0.167 e. The van der Waals surface area contributed by atoms with Gasteiger partial charge in [0.25, 0.3) is 0 Å². The summed E-state index contributed by atoms with van der Waals surface area (Å²) in [4.78, 5) is 0. The third-order valence-corrected chi connectivity index (χ3v) is 1.85. The SMILES string of the molecule is CCCCCCc1cc(N)no1. The Kier molecular flexibility index (Phi) is 3.64. The number of nitrogens with two attached hydrogens (primary N) is 1. The zero-order valence-corrected chi connectivity index (χ0v) is 7.55. The zero-order valence-electron chi connectivity index (χ0n) is 7.55. The predicted molar refractivity (Wildman–Crippen MR) is 48.8 cm³/mol. The Labute approximate surface area is 72.9 Å². The van der Waals surface area contributed by atoms with E-state index >= 15 is 0 Å². The first-order chi connectivity index (χ1) is 5.83. The number of aromatic nitrogens is 1. The number of rotatable bonds is 5. The van der Waals surface area contributed by atoms with Crippen molar-refractivity contribution in [2.75, 3.05) is 5.73 Å². The van der Waals surface area contributed by atoms with Gasteiger partial charge in [0, 0.05) is 12.5 Å². The maximum Gasteiger partial charge on any atom is 0.167 e. The van der Waals surface area contributed by atoms with Crippen LogP contribution in [0.2, 0.25) is 0 Å². The quantitative estimate of drug-likeness (QED) is 0.687. The standard InChI is InChI=1S/C9H16N2O/c1-2-3-4-5-6-8-7-9(10)11-12-8/h7H,2-6H2,1H3,(H2,10,11). The highest BCUT2D eigenvalue weighted by Crippen LogP contribution is 2.09. The van der Waals surface area contributed by atoms with Crippen LogP contribution in [-0.4, -0.2) is 5.16 Å². The molecule has 0 aromatic carbocycles. The fraction of sp³-hybridized carbons (Fsp3) is 0.667. The van der Waals surface area contributed by atoms with Crippen molar-refractivity contribution in [1.82, 2.24) is 5.16 Å². The molecular formula is C9H16N2O. The van der Waals surface area contributed by atoms with Crippen molar-refractivity contribution in [3.63, 3.8) is 0 Å². The topological polar surface area (TPSA) is 52.0 Å². The molecule has 0 atom stereocenters. The summed E-state index contributed by atoms with van der Waals surface area (Å²) in [5.74, 6) is 1.39. The largest absolute Gasteiger partial charge is 0.381 e.